The molecule has 120 valence electrons. The summed E-state index contributed by atoms with van der Waals surface area (Å²) >= 11 is 0. The summed E-state index contributed by atoms with van der Waals surface area (Å²) in [6.07, 6.45) is 0. The van der Waals surface area contributed by atoms with Crippen molar-refractivity contribution in [2.24, 2.45) is 0 Å². The van der Waals surface area contributed by atoms with Gasteiger partial charge in [-0.25, -0.2) is 4.79 Å². The van der Waals surface area contributed by atoms with Crippen molar-refractivity contribution >= 4 is 5.97 Å². The van der Waals surface area contributed by atoms with E-state index in [1.165, 1.54) is 0 Å². The molecule has 0 saturated heterocycles. The van der Waals surface area contributed by atoms with Crippen LogP contribution in [0.2, 0.25) is 0 Å². The van der Waals surface area contributed by atoms with Gasteiger partial charge in [-0.3, -0.25) is 0 Å². The lowest BCUT2D eigenvalue weighted by molar-refractivity contribution is -0.139. The number of carbonyl (C=O) groups excluding carboxylic acids is 1. The van der Waals surface area contributed by atoms with Gasteiger partial charge in [0.15, 0.2) is 0 Å². The molecular weight excluding hydrogens is 292 g/mol. The summed E-state index contributed by atoms with van der Waals surface area (Å²) < 4.78 is 15.7. The molecule has 0 N–H and O–H groups in total. The topological polar surface area (TPSA) is 44.8 Å². The van der Waals surface area contributed by atoms with Crippen LogP contribution in [0.3, 0.4) is 0 Å². The monoisotopic (exact) mass is 312 g/mol. The summed E-state index contributed by atoms with van der Waals surface area (Å²) in [5.74, 6) is 1.16. The fourth-order valence-electron chi connectivity index (χ4n) is 1.94. The summed E-state index contributed by atoms with van der Waals surface area (Å²) in [5.41, 5.74) is 2.58. The fourth-order valence-corrected chi connectivity index (χ4v) is 1.94. The molecule has 2 rings (SSSR count). The van der Waals surface area contributed by atoms with E-state index in [1.807, 2.05) is 48.5 Å². The second kappa shape index (κ2) is 8.03. The van der Waals surface area contributed by atoms with Gasteiger partial charge in [0.1, 0.15) is 24.7 Å². The largest absolute Gasteiger partial charge is 0.497 e. The maximum atomic E-state index is 11.2. The first-order valence-corrected chi connectivity index (χ1v) is 7.30. The van der Waals surface area contributed by atoms with Gasteiger partial charge in [0.25, 0.3) is 0 Å². The number of hydrogen-bond acceptors (Lipinski definition) is 4. The van der Waals surface area contributed by atoms with Crippen molar-refractivity contribution in [2.45, 2.75) is 6.92 Å². The average Bonchev–Trinajstić information content (AvgIpc) is 2.59. The Hall–Kier alpha value is -2.75. The van der Waals surface area contributed by atoms with E-state index in [4.69, 9.17) is 14.2 Å². The lowest BCUT2D eigenvalue weighted by Crippen LogP contribution is -2.12. The van der Waals surface area contributed by atoms with Crippen LogP contribution >= 0.6 is 0 Å². The van der Waals surface area contributed by atoms with Gasteiger partial charge in [0, 0.05) is 5.57 Å². The van der Waals surface area contributed by atoms with E-state index in [1.54, 1.807) is 14.0 Å². The minimum Gasteiger partial charge on any atom is -0.497 e. The van der Waals surface area contributed by atoms with Crippen molar-refractivity contribution < 1.29 is 19.0 Å². The lowest BCUT2D eigenvalue weighted by Gasteiger charge is -2.08. The van der Waals surface area contributed by atoms with Crippen molar-refractivity contribution in [3.05, 3.63) is 60.7 Å². The smallest absolute Gasteiger partial charge is 0.333 e. The Morgan fingerprint density at radius 2 is 1.43 bits per heavy atom. The molecule has 0 aliphatic rings. The van der Waals surface area contributed by atoms with Crippen LogP contribution in [0, 0.1) is 0 Å². The van der Waals surface area contributed by atoms with Crippen LogP contribution < -0.4 is 9.47 Å². The second-order valence-corrected chi connectivity index (χ2v) is 5.02. The van der Waals surface area contributed by atoms with E-state index < -0.39 is 5.97 Å². The zero-order valence-electron chi connectivity index (χ0n) is 13.4. The quantitative estimate of drug-likeness (QED) is 0.442. The number of ether oxygens (including phenoxy) is 3. The zero-order chi connectivity index (χ0) is 16.7. The third-order valence-corrected chi connectivity index (χ3v) is 3.21. The molecule has 0 aromatic heterocycles. The van der Waals surface area contributed by atoms with E-state index in [9.17, 15) is 4.79 Å². The van der Waals surface area contributed by atoms with Crippen LogP contribution in [0.15, 0.2) is 60.7 Å². The minimum atomic E-state index is -0.400. The highest BCUT2D eigenvalue weighted by Gasteiger charge is 2.03. The van der Waals surface area contributed by atoms with Crippen molar-refractivity contribution in [1.29, 1.82) is 0 Å². The molecule has 0 fully saturated rings. The van der Waals surface area contributed by atoms with Crippen molar-refractivity contribution in [2.75, 3.05) is 20.3 Å². The summed E-state index contributed by atoms with van der Waals surface area (Å²) in [6.45, 7) is 5.64. The molecule has 0 heterocycles. The first-order chi connectivity index (χ1) is 11.1. The molecule has 4 nitrogen and oxygen atoms in total. The summed E-state index contributed by atoms with van der Waals surface area (Å²) in [4.78, 5) is 11.2. The SMILES string of the molecule is C=C(C)C(=O)OCCOc1ccc(-c2ccc(OC)cc2)cc1. The van der Waals surface area contributed by atoms with E-state index in [-0.39, 0.29) is 6.61 Å². The van der Waals surface area contributed by atoms with Crippen molar-refractivity contribution in [1.82, 2.24) is 0 Å². The highest BCUT2D eigenvalue weighted by molar-refractivity contribution is 5.86. The van der Waals surface area contributed by atoms with Crippen LogP contribution in [-0.2, 0) is 9.53 Å². The first kappa shape index (κ1) is 16.6. The molecule has 0 aliphatic heterocycles. The molecule has 0 unspecified atom stereocenters. The van der Waals surface area contributed by atoms with Crippen molar-refractivity contribution in [3.8, 4) is 22.6 Å². The number of benzene rings is 2. The lowest BCUT2D eigenvalue weighted by atomic mass is 10.1. The molecule has 0 aliphatic carbocycles. The molecule has 2 aromatic rings. The third kappa shape index (κ3) is 4.88. The third-order valence-electron chi connectivity index (χ3n) is 3.21. The van der Waals surface area contributed by atoms with Crippen LogP contribution in [-0.4, -0.2) is 26.3 Å². The van der Waals surface area contributed by atoms with Gasteiger partial charge in [0.2, 0.25) is 0 Å². The molecule has 0 bridgehead atoms. The van der Waals surface area contributed by atoms with Gasteiger partial charge in [-0.05, 0) is 42.3 Å². The Labute approximate surface area is 136 Å². The number of esters is 1. The minimum absolute atomic E-state index is 0.200. The fraction of sp³-hybridized carbons (Fsp3) is 0.211. The van der Waals surface area contributed by atoms with Crippen LogP contribution in [0.25, 0.3) is 11.1 Å². The molecule has 0 atom stereocenters. The van der Waals surface area contributed by atoms with E-state index in [0.717, 1.165) is 22.6 Å². The van der Waals surface area contributed by atoms with E-state index >= 15 is 0 Å². The molecule has 23 heavy (non-hydrogen) atoms. The predicted octanol–water partition coefficient (Wildman–Crippen LogP) is 3.86. The van der Waals surface area contributed by atoms with Gasteiger partial charge in [-0.15, -0.1) is 0 Å². The van der Waals surface area contributed by atoms with Gasteiger partial charge >= 0.3 is 5.97 Å². The van der Waals surface area contributed by atoms with Gasteiger partial charge < -0.3 is 14.2 Å². The highest BCUT2D eigenvalue weighted by Crippen LogP contribution is 2.24. The normalized spacial score (nSPS) is 10.0. The standard InChI is InChI=1S/C19H20O4/c1-14(2)19(20)23-13-12-22-18-10-6-16(7-11-18)15-4-8-17(21-3)9-5-15/h4-11H,1,12-13H2,2-3H3. The number of carbonyl (C=O) groups is 1. The Morgan fingerprint density at radius 3 is 1.91 bits per heavy atom. The Bertz CT molecular complexity index is 657. The maximum absolute atomic E-state index is 11.2. The molecule has 0 saturated carbocycles. The highest BCUT2D eigenvalue weighted by atomic mass is 16.6. The number of methoxy groups -OCH3 is 1. The summed E-state index contributed by atoms with van der Waals surface area (Å²) in [7, 11) is 1.65. The molecule has 0 amide bonds. The van der Waals surface area contributed by atoms with Crippen LogP contribution in [0.4, 0.5) is 0 Å². The second-order valence-electron chi connectivity index (χ2n) is 5.02. The van der Waals surface area contributed by atoms with Crippen LogP contribution in [0.1, 0.15) is 6.92 Å². The van der Waals surface area contributed by atoms with E-state index in [0.29, 0.717) is 12.2 Å². The average molecular weight is 312 g/mol. The molecule has 0 radical (unpaired) electrons. The van der Waals surface area contributed by atoms with Crippen molar-refractivity contribution in [3.63, 3.8) is 0 Å². The first-order valence-electron chi connectivity index (χ1n) is 7.30. The molecule has 2 aromatic carbocycles. The summed E-state index contributed by atoms with van der Waals surface area (Å²) in [6, 6.07) is 15.6. The molecular formula is C19H20O4. The molecule has 4 heteroatoms. The number of hydrogen-bond donors (Lipinski definition) is 0. The number of rotatable bonds is 7. The Kier molecular flexibility index (Phi) is 5.80. The zero-order valence-corrected chi connectivity index (χ0v) is 13.4. The molecule has 0 spiro atoms. The van der Waals surface area contributed by atoms with Gasteiger partial charge in [-0.1, -0.05) is 30.8 Å². The summed E-state index contributed by atoms with van der Waals surface area (Å²) in [5, 5.41) is 0. The maximum Gasteiger partial charge on any atom is 0.333 e. The van der Waals surface area contributed by atoms with Gasteiger partial charge in [-0.2, -0.15) is 0 Å². The van der Waals surface area contributed by atoms with E-state index in [2.05, 4.69) is 6.58 Å². The predicted molar refractivity (Wildman–Crippen MR) is 89.7 cm³/mol. The van der Waals surface area contributed by atoms with Crippen LogP contribution in [0.5, 0.6) is 11.5 Å². The van der Waals surface area contributed by atoms with Gasteiger partial charge in [0.05, 0.1) is 7.11 Å². The Balaban J connectivity index is 1.86. The Morgan fingerprint density at radius 1 is 0.913 bits per heavy atom.